The quantitative estimate of drug-likeness (QED) is 0.357. The lowest BCUT2D eigenvalue weighted by molar-refractivity contribution is -0.137. The Labute approximate surface area is 216 Å². The number of methoxy groups -OCH3 is 1. The number of nitrogens with one attached hydrogen (secondary N) is 1. The molecule has 2 aliphatic heterocycles. The van der Waals surface area contributed by atoms with Crippen molar-refractivity contribution in [3.8, 4) is 11.5 Å². The lowest BCUT2D eigenvalue weighted by atomic mass is 9.77. The summed E-state index contributed by atoms with van der Waals surface area (Å²) in [6.45, 7) is 5.29. The molecule has 11 nitrogen and oxygen atoms in total. The Balaban J connectivity index is 1.72. The fourth-order valence-corrected chi connectivity index (χ4v) is 5.28. The minimum atomic E-state index is -1.14. The number of morpholine rings is 1. The van der Waals surface area contributed by atoms with E-state index in [1.807, 2.05) is 0 Å². The second-order valence-corrected chi connectivity index (χ2v) is 9.30. The van der Waals surface area contributed by atoms with Gasteiger partial charge < -0.3 is 34.6 Å². The predicted octanol–water partition coefficient (Wildman–Crippen LogP) is -0.299. The first-order valence-corrected chi connectivity index (χ1v) is 12.7. The molecule has 4 atom stereocenters. The van der Waals surface area contributed by atoms with E-state index in [1.54, 1.807) is 24.0 Å². The van der Waals surface area contributed by atoms with Crippen LogP contribution in [0.2, 0.25) is 0 Å². The molecule has 0 bridgehead atoms. The minimum absolute atomic E-state index is 0.0425. The van der Waals surface area contributed by atoms with Gasteiger partial charge >= 0.3 is 0 Å². The zero-order valence-electron chi connectivity index (χ0n) is 21.2. The van der Waals surface area contributed by atoms with E-state index >= 15 is 0 Å². The molecule has 11 heteroatoms. The average molecular weight is 518 g/mol. The van der Waals surface area contributed by atoms with Gasteiger partial charge in [-0.1, -0.05) is 6.92 Å². The van der Waals surface area contributed by atoms with Gasteiger partial charge in [-0.05, 0) is 18.2 Å². The Morgan fingerprint density at radius 3 is 2.70 bits per heavy atom. The van der Waals surface area contributed by atoms with Crippen LogP contribution in [0.5, 0.6) is 11.5 Å². The minimum Gasteiger partial charge on any atom is -0.493 e. The Morgan fingerprint density at radius 1 is 1.30 bits per heavy atom. The second-order valence-electron chi connectivity index (χ2n) is 9.30. The number of amides is 2. The first kappa shape index (κ1) is 27.1. The van der Waals surface area contributed by atoms with Crippen LogP contribution in [0.1, 0.15) is 35.2 Å². The van der Waals surface area contributed by atoms with Crippen LogP contribution in [-0.2, 0) is 14.3 Å². The normalized spacial score (nSPS) is 24.8. The van der Waals surface area contributed by atoms with Crippen molar-refractivity contribution in [2.75, 3.05) is 59.7 Å². The van der Waals surface area contributed by atoms with Gasteiger partial charge in [0.25, 0.3) is 0 Å². The lowest BCUT2D eigenvalue weighted by Crippen LogP contribution is -2.57. The molecule has 1 saturated heterocycles. The first-order chi connectivity index (χ1) is 17.9. The third kappa shape index (κ3) is 5.49. The van der Waals surface area contributed by atoms with Crippen LogP contribution < -0.4 is 14.8 Å². The molecule has 0 radical (unpaired) electrons. The highest BCUT2D eigenvalue weighted by atomic mass is 16.5. The number of aliphatic hydroxyl groups is 2. The van der Waals surface area contributed by atoms with Crippen molar-refractivity contribution >= 4 is 18.1 Å². The predicted molar refractivity (Wildman–Crippen MR) is 133 cm³/mol. The van der Waals surface area contributed by atoms with Gasteiger partial charge in [0.15, 0.2) is 11.5 Å². The molecule has 202 valence electrons. The van der Waals surface area contributed by atoms with Crippen molar-refractivity contribution in [1.29, 1.82) is 0 Å². The average Bonchev–Trinajstić information content (AvgIpc) is 3.32. The Hall–Kier alpha value is -2.99. The third-order valence-electron chi connectivity index (χ3n) is 7.15. The van der Waals surface area contributed by atoms with Crippen LogP contribution in [0, 0.1) is 0 Å². The number of benzene rings is 1. The Bertz CT molecular complexity index is 1040. The monoisotopic (exact) mass is 517 g/mol. The molecule has 4 unspecified atom stereocenters. The van der Waals surface area contributed by atoms with E-state index < -0.39 is 30.1 Å². The van der Waals surface area contributed by atoms with Crippen molar-refractivity contribution in [3.05, 3.63) is 34.9 Å². The molecule has 0 saturated carbocycles. The lowest BCUT2D eigenvalue weighted by Gasteiger charge is -2.41. The van der Waals surface area contributed by atoms with Gasteiger partial charge in [0.1, 0.15) is 18.5 Å². The number of carbonyl (C=O) groups excluding carboxylic acids is 3. The third-order valence-corrected chi connectivity index (χ3v) is 7.15. The highest BCUT2D eigenvalue weighted by molar-refractivity contribution is 5.96. The molecule has 1 aliphatic carbocycles. The van der Waals surface area contributed by atoms with E-state index in [1.165, 1.54) is 13.2 Å². The SMILES string of the molecule is CCC(=O)N(CCN1CCOCC1)C1C=C(C(=O)NCCO)C2c3cc(C=O)cc(OC)c3OC2C1O. The van der Waals surface area contributed by atoms with Crippen molar-refractivity contribution in [1.82, 2.24) is 15.1 Å². The molecule has 3 aliphatic rings. The van der Waals surface area contributed by atoms with Crippen LogP contribution in [0.15, 0.2) is 23.8 Å². The van der Waals surface area contributed by atoms with Crippen molar-refractivity contribution in [2.24, 2.45) is 0 Å². The summed E-state index contributed by atoms with van der Waals surface area (Å²) in [7, 11) is 1.45. The highest BCUT2D eigenvalue weighted by Crippen LogP contribution is 2.51. The number of fused-ring (bicyclic) bond motifs is 3. The number of ether oxygens (including phenoxy) is 3. The maximum absolute atomic E-state index is 13.3. The van der Waals surface area contributed by atoms with Gasteiger partial charge in [-0.25, -0.2) is 0 Å². The van der Waals surface area contributed by atoms with Crippen molar-refractivity contribution in [3.63, 3.8) is 0 Å². The zero-order chi connectivity index (χ0) is 26.5. The molecule has 1 fully saturated rings. The molecule has 1 aromatic carbocycles. The summed E-state index contributed by atoms with van der Waals surface area (Å²) >= 11 is 0. The van der Waals surface area contributed by atoms with Gasteiger partial charge in [0.2, 0.25) is 11.8 Å². The van der Waals surface area contributed by atoms with Crippen LogP contribution in [0.25, 0.3) is 0 Å². The molecule has 4 rings (SSSR count). The summed E-state index contributed by atoms with van der Waals surface area (Å²) in [5, 5.41) is 23.5. The number of aliphatic hydroxyl groups excluding tert-OH is 2. The fourth-order valence-electron chi connectivity index (χ4n) is 5.28. The molecule has 37 heavy (non-hydrogen) atoms. The summed E-state index contributed by atoms with van der Waals surface area (Å²) in [6, 6.07) is 2.36. The molecule has 0 spiro atoms. The van der Waals surface area contributed by atoms with E-state index in [-0.39, 0.29) is 25.5 Å². The van der Waals surface area contributed by atoms with E-state index in [2.05, 4.69) is 10.2 Å². The van der Waals surface area contributed by atoms with Gasteiger partial charge in [-0.15, -0.1) is 0 Å². The van der Waals surface area contributed by atoms with Gasteiger partial charge in [0.05, 0.1) is 38.9 Å². The highest BCUT2D eigenvalue weighted by Gasteiger charge is 2.51. The Kier molecular flexibility index (Phi) is 8.80. The van der Waals surface area contributed by atoms with Crippen LogP contribution >= 0.6 is 0 Å². The number of nitrogens with zero attached hydrogens (tertiary/aromatic N) is 2. The van der Waals surface area contributed by atoms with E-state index in [0.29, 0.717) is 60.8 Å². The fraction of sp³-hybridized carbons (Fsp3) is 0.577. The van der Waals surface area contributed by atoms with Gasteiger partial charge in [-0.2, -0.15) is 0 Å². The number of carbonyl (C=O) groups is 3. The van der Waals surface area contributed by atoms with Gasteiger partial charge in [0, 0.05) is 55.8 Å². The van der Waals surface area contributed by atoms with Gasteiger partial charge in [-0.3, -0.25) is 19.3 Å². The Morgan fingerprint density at radius 2 is 2.05 bits per heavy atom. The van der Waals surface area contributed by atoms with Crippen LogP contribution in [-0.4, -0.2) is 116 Å². The molecule has 3 N–H and O–H groups in total. The molecule has 0 aromatic heterocycles. The number of aldehydes is 1. The van der Waals surface area contributed by atoms with E-state index in [0.717, 1.165) is 13.1 Å². The summed E-state index contributed by atoms with van der Waals surface area (Å²) < 4.78 is 17.0. The zero-order valence-corrected chi connectivity index (χ0v) is 21.2. The number of rotatable bonds is 10. The smallest absolute Gasteiger partial charge is 0.247 e. The summed E-state index contributed by atoms with van der Waals surface area (Å²) in [5.74, 6) is -0.609. The van der Waals surface area contributed by atoms with Crippen molar-refractivity contribution < 1.29 is 38.8 Å². The van der Waals surface area contributed by atoms with Crippen molar-refractivity contribution in [2.45, 2.75) is 37.5 Å². The molecule has 2 heterocycles. The number of hydrogen-bond donors (Lipinski definition) is 3. The maximum Gasteiger partial charge on any atom is 0.247 e. The first-order valence-electron chi connectivity index (χ1n) is 12.7. The number of hydrogen-bond acceptors (Lipinski definition) is 9. The molecule has 2 amide bonds. The topological polar surface area (TPSA) is 138 Å². The standard InChI is InChI=1S/C26H35N3O8/c1-3-21(32)29(6-5-28-7-10-36-11-8-28)19-14-18(26(34)27-4-9-30)22-17-12-16(15-31)13-20(35-2)24(17)37-25(22)23(19)33/h12-15,19,22-23,25,30,33H,3-11H2,1-2H3,(H,27,34). The largest absolute Gasteiger partial charge is 0.493 e. The molecular formula is C26H35N3O8. The summed E-state index contributed by atoms with van der Waals surface area (Å²) in [5.41, 5.74) is 1.20. The second kappa shape index (κ2) is 12.0. The van der Waals surface area contributed by atoms with Crippen LogP contribution in [0.3, 0.4) is 0 Å². The summed E-state index contributed by atoms with van der Waals surface area (Å²) in [4.78, 5) is 41.8. The maximum atomic E-state index is 13.3. The van der Waals surface area contributed by atoms with Crippen LogP contribution in [0.4, 0.5) is 0 Å². The molecular weight excluding hydrogens is 482 g/mol. The van der Waals surface area contributed by atoms with E-state index in [4.69, 9.17) is 14.2 Å². The molecule has 1 aromatic rings. The van der Waals surface area contributed by atoms with E-state index in [9.17, 15) is 24.6 Å². The summed E-state index contributed by atoms with van der Waals surface area (Å²) in [6.07, 6.45) is 0.519.